The van der Waals surface area contributed by atoms with Gasteiger partial charge in [-0.3, -0.25) is 0 Å². The highest BCUT2D eigenvalue weighted by Crippen LogP contribution is 2.40. The Balaban J connectivity index is 6.46. The van der Waals surface area contributed by atoms with Crippen LogP contribution in [-0.2, 0) is 19.1 Å². The smallest absolute Gasteiger partial charge is 0.337 e. The lowest BCUT2D eigenvalue weighted by Crippen LogP contribution is -2.81. The van der Waals surface area contributed by atoms with Gasteiger partial charge in [-0.05, 0) is 13.8 Å². The predicted molar refractivity (Wildman–Crippen MR) is 89.9 cm³/mol. The van der Waals surface area contributed by atoms with Crippen molar-refractivity contribution in [1.82, 2.24) is 0 Å². The topological polar surface area (TPSA) is 93.1 Å². The Bertz CT molecular complexity index is 386. The molecule has 0 aromatic carbocycles. The number of hydrogen-bond acceptors (Lipinski definition) is 6. The van der Waals surface area contributed by atoms with Crippen molar-refractivity contribution in [2.45, 2.75) is 63.6 Å². The third-order valence-electron chi connectivity index (χ3n) is 3.84. The second-order valence-corrected chi connectivity index (χ2v) is 17.8. The number of esters is 2. The molecule has 0 aliphatic rings. The maximum atomic E-state index is 12.5. The molecule has 2 N–H and O–H groups in total. The Morgan fingerprint density at radius 1 is 0.773 bits per heavy atom. The number of rotatable bonds is 7. The molecule has 0 saturated heterocycles. The van der Waals surface area contributed by atoms with Gasteiger partial charge >= 0.3 is 11.9 Å². The number of carbonyl (C=O) groups is 2. The molecule has 0 fully saturated rings. The first-order valence-electron chi connectivity index (χ1n) is 7.51. The molecule has 0 spiro atoms. The fourth-order valence-corrected chi connectivity index (χ4v) is 8.46. The lowest BCUT2D eigenvalue weighted by Gasteiger charge is -2.51. The maximum absolute atomic E-state index is 12.5. The zero-order valence-corrected chi connectivity index (χ0v) is 16.9. The molecule has 0 heterocycles. The summed E-state index contributed by atoms with van der Waals surface area (Å²) in [4.78, 5) is 25.1. The third kappa shape index (κ3) is 3.29. The van der Waals surface area contributed by atoms with Gasteiger partial charge in [-0.25, -0.2) is 9.59 Å². The molecule has 0 aliphatic carbocycles. The van der Waals surface area contributed by atoms with Gasteiger partial charge in [0, 0.05) is 0 Å². The second-order valence-electron chi connectivity index (χ2n) is 7.36. The van der Waals surface area contributed by atoms with Crippen molar-refractivity contribution in [2.24, 2.45) is 0 Å². The fourth-order valence-electron chi connectivity index (χ4n) is 2.46. The summed E-state index contributed by atoms with van der Waals surface area (Å²) in [6, 6.07) is 0. The molecule has 0 bridgehead atoms. The van der Waals surface area contributed by atoms with E-state index >= 15 is 0 Å². The molecule has 22 heavy (non-hydrogen) atoms. The van der Waals surface area contributed by atoms with Crippen LogP contribution >= 0.6 is 0 Å². The highest BCUT2D eigenvalue weighted by Gasteiger charge is 2.72. The van der Waals surface area contributed by atoms with E-state index in [1.54, 1.807) is 53.1 Å². The van der Waals surface area contributed by atoms with Crippen LogP contribution in [0.2, 0.25) is 39.3 Å². The van der Waals surface area contributed by atoms with Crippen LogP contribution in [-0.4, -0.2) is 62.0 Å². The molecule has 0 aliphatic heterocycles. The predicted octanol–water partition coefficient (Wildman–Crippen LogP) is 1.33. The first kappa shape index (κ1) is 21.3. The first-order chi connectivity index (χ1) is 9.71. The lowest BCUT2D eigenvalue weighted by molar-refractivity contribution is -0.187. The molecule has 0 rings (SSSR count). The molecule has 130 valence electrons. The van der Waals surface area contributed by atoms with Crippen LogP contribution in [0.15, 0.2) is 0 Å². The highest BCUT2D eigenvalue weighted by molar-refractivity contribution is 6.90. The van der Waals surface area contributed by atoms with E-state index in [0.29, 0.717) is 0 Å². The number of carbonyl (C=O) groups excluding carboxylic acids is 2. The minimum Gasteiger partial charge on any atom is -0.464 e. The van der Waals surface area contributed by atoms with E-state index in [0.717, 1.165) is 0 Å². The molecular formula is C14H30O6Si2. The molecule has 0 aromatic rings. The van der Waals surface area contributed by atoms with Crippen LogP contribution < -0.4 is 0 Å². The van der Waals surface area contributed by atoms with Gasteiger partial charge in [-0.2, -0.15) is 0 Å². The van der Waals surface area contributed by atoms with Crippen LogP contribution in [0.1, 0.15) is 13.8 Å². The van der Waals surface area contributed by atoms with Gasteiger partial charge in [0.2, 0.25) is 0 Å². The summed E-state index contributed by atoms with van der Waals surface area (Å²) in [5.74, 6) is -1.90. The van der Waals surface area contributed by atoms with E-state index in [9.17, 15) is 19.8 Å². The van der Waals surface area contributed by atoms with Crippen molar-refractivity contribution in [3.63, 3.8) is 0 Å². The summed E-state index contributed by atoms with van der Waals surface area (Å²) in [6.07, 6.45) is 0. The van der Waals surface area contributed by atoms with Gasteiger partial charge in [-0.1, -0.05) is 39.3 Å². The number of aliphatic hydroxyl groups is 2. The van der Waals surface area contributed by atoms with Gasteiger partial charge in [0.1, 0.15) is 16.1 Å². The van der Waals surface area contributed by atoms with E-state index in [-0.39, 0.29) is 13.2 Å². The first-order valence-corrected chi connectivity index (χ1v) is 14.5. The molecule has 2 unspecified atom stereocenters. The summed E-state index contributed by atoms with van der Waals surface area (Å²) >= 11 is 0. The molecule has 2 atom stereocenters. The Hall–Kier alpha value is -0.706. The number of hydrogen-bond donors (Lipinski definition) is 2. The van der Waals surface area contributed by atoms with E-state index < -0.39 is 38.5 Å². The van der Waals surface area contributed by atoms with E-state index in [2.05, 4.69) is 0 Å². The Morgan fingerprint density at radius 2 is 1.00 bits per heavy atom. The average Bonchev–Trinajstić information content (AvgIpc) is 2.34. The van der Waals surface area contributed by atoms with Gasteiger partial charge in [0.25, 0.3) is 0 Å². The molecule has 0 saturated carbocycles. The normalized spacial score (nSPS) is 18.1. The molecular weight excluding hydrogens is 320 g/mol. The second kappa shape index (κ2) is 6.82. The van der Waals surface area contributed by atoms with Gasteiger partial charge < -0.3 is 19.7 Å². The molecule has 0 aromatic heterocycles. The van der Waals surface area contributed by atoms with Crippen molar-refractivity contribution in [3.8, 4) is 0 Å². The summed E-state index contributed by atoms with van der Waals surface area (Å²) in [7, 11) is -5.57. The highest BCUT2D eigenvalue weighted by atomic mass is 28.3. The minimum absolute atomic E-state index is 0.0518. The van der Waals surface area contributed by atoms with Crippen molar-refractivity contribution in [2.75, 3.05) is 13.2 Å². The molecule has 8 heteroatoms. The van der Waals surface area contributed by atoms with Crippen LogP contribution in [0.25, 0.3) is 0 Å². The van der Waals surface area contributed by atoms with Gasteiger partial charge in [0.05, 0.1) is 13.2 Å². The van der Waals surface area contributed by atoms with Crippen LogP contribution in [0, 0.1) is 0 Å². The van der Waals surface area contributed by atoms with Crippen molar-refractivity contribution >= 4 is 28.1 Å². The van der Waals surface area contributed by atoms with E-state index in [1.807, 2.05) is 0 Å². The summed E-state index contributed by atoms with van der Waals surface area (Å²) in [6.45, 7) is 13.6. The van der Waals surface area contributed by atoms with Crippen LogP contribution in [0.3, 0.4) is 0 Å². The Labute approximate surface area is 134 Å². The lowest BCUT2D eigenvalue weighted by atomic mass is 10.1. The van der Waals surface area contributed by atoms with E-state index in [1.165, 1.54) is 0 Å². The maximum Gasteiger partial charge on any atom is 0.337 e. The zero-order chi connectivity index (χ0) is 18.0. The molecule has 6 nitrogen and oxygen atoms in total. The van der Waals surface area contributed by atoms with Gasteiger partial charge in [0.15, 0.2) is 10.4 Å². The fraction of sp³-hybridized carbons (Fsp3) is 0.857. The molecule has 0 radical (unpaired) electrons. The van der Waals surface area contributed by atoms with Crippen molar-refractivity contribution in [3.05, 3.63) is 0 Å². The van der Waals surface area contributed by atoms with Crippen molar-refractivity contribution in [1.29, 1.82) is 0 Å². The zero-order valence-electron chi connectivity index (χ0n) is 14.9. The Morgan fingerprint density at radius 3 is 1.14 bits per heavy atom. The average molecular weight is 351 g/mol. The minimum atomic E-state index is -2.78. The SMILES string of the molecule is CCOC(=O)C(O)(C(O)(C(=O)OCC)[Si](C)(C)C)[Si](C)(C)C. The quantitative estimate of drug-likeness (QED) is 0.531. The Kier molecular flexibility index (Phi) is 6.60. The largest absolute Gasteiger partial charge is 0.464 e. The van der Waals surface area contributed by atoms with Crippen LogP contribution in [0.5, 0.6) is 0 Å². The molecule has 0 amide bonds. The summed E-state index contributed by atoms with van der Waals surface area (Å²) in [5.41, 5.74) is 0. The standard InChI is InChI=1S/C14H30O6Si2/c1-9-19-11(15)13(17,21(3,4)5)14(18,22(6,7)8)12(16)20-10-2/h17-18H,9-10H2,1-8H3. The van der Waals surface area contributed by atoms with E-state index in [4.69, 9.17) is 9.47 Å². The third-order valence-corrected chi connectivity index (χ3v) is 9.56. The summed E-state index contributed by atoms with van der Waals surface area (Å²) < 4.78 is 10.0. The van der Waals surface area contributed by atoms with Crippen molar-refractivity contribution < 1.29 is 29.3 Å². The van der Waals surface area contributed by atoms with Gasteiger partial charge in [-0.15, -0.1) is 0 Å². The number of ether oxygens (including phenoxy) is 2. The van der Waals surface area contributed by atoms with Crippen LogP contribution in [0.4, 0.5) is 0 Å². The summed E-state index contributed by atoms with van der Waals surface area (Å²) in [5, 5.41) is 18.0. The monoisotopic (exact) mass is 350 g/mol.